The van der Waals surface area contributed by atoms with Gasteiger partial charge < -0.3 is 0 Å². The molecule has 0 saturated heterocycles. The van der Waals surface area contributed by atoms with E-state index in [4.69, 9.17) is 0 Å². The molecule has 1 aromatic carbocycles. The summed E-state index contributed by atoms with van der Waals surface area (Å²) in [7, 11) is -7.68. The summed E-state index contributed by atoms with van der Waals surface area (Å²) in [5.74, 6) is -0.711. The largest absolute Gasteiger partial charge is 0.243 e. The monoisotopic (exact) mass is 335 g/mol. The predicted molar refractivity (Wildman–Crippen MR) is 76.6 cm³/mol. The zero-order chi connectivity index (χ0) is 15.8. The SMILES string of the molecule is CC(NS(=O)(=O)c1cc(S(C)(=O)=O)ccc1F)C1CCC1. The number of sulfonamides is 1. The summed E-state index contributed by atoms with van der Waals surface area (Å²) in [6, 6.07) is 2.48. The van der Waals surface area contributed by atoms with Crippen LogP contribution in [0, 0.1) is 11.7 Å². The quantitative estimate of drug-likeness (QED) is 0.831. The average molecular weight is 335 g/mol. The van der Waals surface area contributed by atoms with Crippen LogP contribution in [-0.4, -0.2) is 29.1 Å². The molecule has 5 nitrogen and oxygen atoms in total. The van der Waals surface area contributed by atoms with E-state index in [1.165, 1.54) is 0 Å². The molecule has 1 unspecified atom stereocenters. The van der Waals surface area contributed by atoms with Crippen LogP contribution in [0.5, 0.6) is 0 Å². The highest BCUT2D eigenvalue weighted by Crippen LogP contribution is 2.30. The Morgan fingerprint density at radius 1 is 1.24 bits per heavy atom. The lowest BCUT2D eigenvalue weighted by molar-refractivity contribution is 0.260. The molecule has 0 heterocycles. The van der Waals surface area contributed by atoms with Crippen molar-refractivity contribution in [2.24, 2.45) is 5.92 Å². The number of hydrogen-bond donors (Lipinski definition) is 1. The van der Waals surface area contributed by atoms with Crippen LogP contribution in [0.15, 0.2) is 28.0 Å². The normalized spacial score (nSPS) is 18.2. The molecule has 118 valence electrons. The highest BCUT2D eigenvalue weighted by atomic mass is 32.2. The smallest absolute Gasteiger partial charge is 0.224 e. The second kappa shape index (κ2) is 5.66. The molecule has 2 rings (SSSR count). The minimum atomic E-state index is -4.08. The summed E-state index contributed by atoms with van der Waals surface area (Å²) >= 11 is 0. The predicted octanol–water partition coefficient (Wildman–Crippen LogP) is 1.70. The van der Waals surface area contributed by atoms with E-state index in [-0.39, 0.29) is 16.9 Å². The van der Waals surface area contributed by atoms with E-state index in [1.54, 1.807) is 6.92 Å². The molecule has 1 saturated carbocycles. The van der Waals surface area contributed by atoms with Crippen LogP contribution in [0.3, 0.4) is 0 Å². The number of nitrogens with one attached hydrogen (secondary N) is 1. The van der Waals surface area contributed by atoms with Crippen molar-refractivity contribution < 1.29 is 21.2 Å². The van der Waals surface area contributed by atoms with Gasteiger partial charge in [-0.15, -0.1) is 0 Å². The molecular weight excluding hydrogens is 317 g/mol. The lowest BCUT2D eigenvalue weighted by Gasteiger charge is -2.31. The molecule has 0 bridgehead atoms. The van der Waals surface area contributed by atoms with Crippen LogP contribution in [0.4, 0.5) is 4.39 Å². The van der Waals surface area contributed by atoms with Crippen molar-refractivity contribution in [1.82, 2.24) is 4.72 Å². The van der Waals surface area contributed by atoms with Gasteiger partial charge in [-0.25, -0.2) is 25.9 Å². The Bertz CT molecular complexity index is 739. The van der Waals surface area contributed by atoms with Gasteiger partial charge in [0.15, 0.2) is 9.84 Å². The van der Waals surface area contributed by atoms with Crippen molar-refractivity contribution >= 4 is 19.9 Å². The van der Waals surface area contributed by atoms with Gasteiger partial charge in [-0.1, -0.05) is 6.42 Å². The van der Waals surface area contributed by atoms with Gasteiger partial charge in [0.1, 0.15) is 10.7 Å². The minimum Gasteiger partial charge on any atom is -0.224 e. The van der Waals surface area contributed by atoms with Gasteiger partial charge >= 0.3 is 0 Å². The number of hydrogen-bond acceptors (Lipinski definition) is 4. The second-order valence-corrected chi connectivity index (χ2v) is 9.16. The topological polar surface area (TPSA) is 80.3 Å². The molecular formula is C13H18FNO4S2. The van der Waals surface area contributed by atoms with Crippen molar-refractivity contribution in [3.8, 4) is 0 Å². The summed E-state index contributed by atoms with van der Waals surface area (Å²) in [5, 5.41) is 0. The third kappa shape index (κ3) is 3.61. The maximum Gasteiger partial charge on any atom is 0.243 e. The fourth-order valence-electron chi connectivity index (χ4n) is 2.26. The summed E-state index contributed by atoms with van der Waals surface area (Å²) in [6.45, 7) is 1.74. The summed E-state index contributed by atoms with van der Waals surface area (Å²) in [4.78, 5) is -0.850. The van der Waals surface area contributed by atoms with E-state index in [9.17, 15) is 21.2 Å². The fraction of sp³-hybridized carbons (Fsp3) is 0.538. The van der Waals surface area contributed by atoms with E-state index in [0.29, 0.717) is 0 Å². The first-order chi connectivity index (χ1) is 9.61. The van der Waals surface area contributed by atoms with E-state index in [2.05, 4.69) is 4.72 Å². The van der Waals surface area contributed by atoms with Crippen LogP contribution in [0.25, 0.3) is 0 Å². The van der Waals surface area contributed by atoms with Crippen molar-refractivity contribution in [3.63, 3.8) is 0 Å². The Morgan fingerprint density at radius 3 is 2.33 bits per heavy atom. The minimum absolute atomic E-state index is 0.222. The molecule has 21 heavy (non-hydrogen) atoms. The second-order valence-electron chi connectivity index (χ2n) is 5.47. The Labute approximate surface area is 124 Å². The van der Waals surface area contributed by atoms with Gasteiger partial charge in [0.2, 0.25) is 10.0 Å². The number of sulfone groups is 1. The van der Waals surface area contributed by atoms with Gasteiger partial charge in [-0.3, -0.25) is 0 Å². The molecule has 0 spiro atoms. The highest BCUT2D eigenvalue weighted by molar-refractivity contribution is 7.91. The number of rotatable bonds is 5. The zero-order valence-corrected chi connectivity index (χ0v) is 13.5. The van der Waals surface area contributed by atoms with Gasteiger partial charge in [-0.2, -0.15) is 0 Å². The van der Waals surface area contributed by atoms with Crippen molar-refractivity contribution in [3.05, 3.63) is 24.0 Å². The first-order valence-corrected chi connectivity index (χ1v) is 10.0. The van der Waals surface area contributed by atoms with Crippen LogP contribution < -0.4 is 4.72 Å². The molecule has 0 aromatic heterocycles. The zero-order valence-electron chi connectivity index (χ0n) is 11.8. The molecule has 1 aromatic rings. The molecule has 1 fully saturated rings. The van der Waals surface area contributed by atoms with Crippen LogP contribution >= 0.6 is 0 Å². The molecule has 1 aliphatic rings. The lowest BCUT2D eigenvalue weighted by atomic mass is 9.81. The molecule has 1 aliphatic carbocycles. The van der Waals surface area contributed by atoms with Gasteiger partial charge in [0.25, 0.3) is 0 Å². The van der Waals surface area contributed by atoms with E-state index >= 15 is 0 Å². The van der Waals surface area contributed by atoms with Crippen molar-refractivity contribution in [1.29, 1.82) is 0 Å². The number of benzene rings is 1. The maximum absolute atomic E-state index is 13.8. The molecule has 8 heteroatoms. The number of halogens is 1. The lowest BCUT2D eigenvalue weighted by Crippen LogP contribution is -2.40. The molecule has 0 amide bonds. The Morgan fingerprint density at radius 2 is 1.86 bits per heavy atom. The van der Waals surface area contributed by atoms with Crippen LogP contribution in [-0.2, 0) is 19.9 Å². The van der Waals surface area contributed by atoms with Gasteiger partial charge in [-0.05, 0) is 43.9 Å². The Hall–Kier alpha value is -0.990. The Kier molecular flexibility index (Phi) is 4.41. The van der Waals surface area contributed by atoms with Crippen LogP contribution in [0.2, 0.25) is 0 Å². The molecule has 1 atom stereocenters. The summed E-state index contributed by atoms with van der Waals surface area (Å²) < 4.78 is 63.6. The van der Waals surface area contributed by atoms with E-state index in [1.807, 2.05) is 0 Å². The molecule has 1 N–H and O–H groups in total. The van der Waals surface area contributed by atoms with Gasteiger partial charge in [0.05, 0.1) is 4.90 Å². The third-order valence-corrected chi connectivity index (χ3v) is 6.50. The first-order valence-electron chi connectivity index (χ1n) is 6.63. The van der Waals surface area contributed by atoms with Crippen molar-refractivity contribution in [2.75, 3.05) is 6.26 Å². The summed E-state index contributed by atoms with van der Waals surface area (Å²) in [5.41, 5.74) is 0. The summed E-state index contributed by atoms with van der Waals surface area (Å²) in [6.07, 6.45) is 3.89. The average Bonchev–Trinajstić information content (AvgIpc) is 2.23. The van der Waals surface area contributed by atoms with Gasteiger partial charge in [0, 0.05) is 12.3 Å². The maximum atomic E-state index is 13.8. The Balaban J connectivity index is 2.34. The first kappa shape index (κ1) is 16.4. The van der Waals surface area contributed by atoms with E-state index < -0.39 is 30.6 Å². The molecule has 0 radical (unpaired) electrons. The third-order valence-electron chi connectivity index (χ3n) is 3.82. The standard InChI is InChI=1S/C13H18FNO4S2/c1-9(10-4-3-5-10)15-21(18,19)13-8-11(20(2,16)17)6-7-12(13)14/h6-10,15H,3-5H2,1-2H3. The van der Waals surface area contributed by atoms with Crippen LogP contribution in [0.1, 0.15) is 26.2 Å². The molecule has 0 aliphatic heterocycles. The van der Waals surface area contributed by atoms with Crippen molar-refractivity contribution in [2.45, 2.75) is 42.0 Å². The highest BCUT2D eigenvalue weighted by Gasteiger charge is 2.29. The van der Waals surface area contributed by atoms with E-state index in [0.717, 1.165) is 43.7 Å². The fourth-order valence-corrected chi connectivity index (χ4v) is 4.40.